The average molecular weight is 539 g/mol. The van der Waals surface area contributed by atoms with Gasteiger partial charge in [-0.05, 0) is 149 Å². The molecule has 0 amide bonds. The van der Waals surface area contributed by atoms with Gasteiger partial charge in [0.1, 0.15) is 0 Å². The number of rotatable bonds is 7. The Morgan fingerprint density at radius 3 is 2.17 bits per heavy atom. The minimum atomic E-state index is -1.88. The van der Waals surface area contributed by atoms with Crippen LogP contribution in [0.2, 0.25) is 18.1 Å². The summed E-state index contributed by atoms with van der Waals surface area (Å²) < 4.78 is 13.0. The topological polar surface area (TPSA) is 38.7 Å². The standard InChI is InChI=1S/C31H58O3SSi/c1-20(10-11-21(2)32)24-12-13-25-23-19-28(34-36(8,9)29(3,4)5)27-18-22(33-35)14-16-31(27,7)26(23)15-17-30(24,25)6/h20-28,32,35H,10-19H2,1-9H3/t20?,21?,22-,23?,24?,25?,26?,27+,28+,30-,31-/m1/s1. The number of thiol groups is 1. The van der Waals surface area contributed by atoms with Crippen molar-refractivity contribution >= 4 is 21.2 Å². The van der Waals surface area contributed by atoms with Gasteiger partial charge >= 0.3 is 0 Å². The maximum absolute atomic E-state index is 9.92. The number of hydrogen-bond acceptors (Lipinski definition) is 4. The molecule has 4 rings (SSSR count). The highest BCUT2D eigenvalue weighted by atomic mass is 32.1. The van der Waals surface area contributed by atoms with E-state index in [1.807, 2.05) is 6.92 Å². The van der Waals surface area contributed by atoms with Crippen LogP contribution in [-0.2, 0) is 8.61 Å². The van der Waals surface area contributed by atoms with E-state index in [9.17, 15) is 5.11 Å². The molecular formula is C31H58O3SSi. The first-order chi connectivity index (χ1) is 16.6. The van der Waals surface area contributed by atoms with Gasteiger partial charge in [-0.3, -0.25) is 0 Å². The van der Waals surface area contributed by atoms with Gasteiger partial charge < -0.3 is 13.7 Å². The number of fused-ring (bicyclic) bond motifs is 5. The van der Waals surface area contributed by atoms with Crippen molar-refractivity contribution in [1.82, 2.24) is 0 Å². The van der Waals surface area contributed by atoms with Gasteiger partial charge in [-0.2, -0.15) is 0 Å². The maximum Gasteiger partial charge on any atom is 0.192 e. The van der Waals surface area contributed by atoms with Crippen LogP contribution in [0, 0.1) is 46.3 Å². The van der Waals surface area contributed by atoms with E-state index in [-0.39, 0.29) is 17.2 Å². The summed E-state index contributed by atoms with van der Waals surface area (Å²) in [5, 5.41) is 10.2. The van der Waals surface area contributed by atoms with Gasteiger partial charge in [-0.25, -0.2) is 0 Å². The zero-order valence-corrected chi connectivity index (χ0v) is 26.9. The van der Waals surface area contributed by atoms with E-state index >= 15 is 0 Å². The monoisotopic (exact) mass is 538 g/mol. The second-order valence-corrected chi connectivity index (χ2v) is 20.7. The first-order valence-corrected chi connectivity index (χ1v) is 18.6. The Bertz CT molecular complexity index is 765. The molecule has 0 saturated heterocycles. The minimum absolute atomic E-state index is 0.173. The number of aliphatic hydroxyl groups is 1. The zero-order valence-electron chi connectivity index (χ0n) is 25.0. The Morgan fingerprint density at radius 2 is 1.56 bits per heavy atom. The quantitative estimate of drug-likeness (QED) is 0.193. The molecule has 210 valence electrons. The summed E-state index contributed by atoms with van der Waals surface area (Å²) in [6.07, 6.45) is 12.9. The highest BCUT2D eigenvalue weighted by Gasteiger charge is 2.63. The van der Waals surface area contributed by atoms with Crippen LogP contribution < -0.4 is 0 Å². The molecule has 6 unspecified atom stereocenters. The largest absolute Gasteiger partial charge is 0.414 e. The van der Waals surface area contributed by atoms with E-state index in [2.05, 4.69) is 67.5 Å². The van der Waals surface area contributed by atoms with Gasteiger partial charge in [0.15, 0.2) is 8.32 Å². The Balaban J connectivity index is 1.62. The Hall–Kier alpha value is 0.447. The summed E-state index contributed by atoms with van der Waals surface area (Å²) in [6.45, 7) is 21.8. The molecule has 4 aliphatic carbocycles. The normalized spacial score (nSPS) is 44.9. The maximum atomic E-state index is 9.92. The summed E-state index contributed by atoms with van der Waals surface area (Å²) in [4.78, 5) is 0. The third kappa shape index (κ3) is 5.16. The lowest BCUT2D eigenvalue weighted by Gasteiger charge is -2.64. The minimum Gasteiger partial charge on any atom is -0.414 e. The molecule has 0 aliphatic heterocycles. The third-order valence-corrected chi connectivity index (χ3v) is 17.6. The van der Waals surface area contributed by atoms with Crippen molar-refractivity contribution in [3.8, 4) is 0 Å². The van der Waals surface area contributed by atoms with Crippen molar-refractivity contribution in [1.29, 1.82) is 0 Å². The number of hydrogen-bond donors (Lipinski definition) is 2. The van der Waals surface area contributed by atoms with E-state index in [0.717, 1.165) is 42.9 Å². The predicted molar refractivity (Wildman–Crippen MR) is 157 cm³/mol. The molecule has 36 heavy (non-hydrogen) atoms. The van der Waals surface area contributed by atoms with Gasteiger partial charge in [0.25, 0.3) is 0 Å². The molecule has 0 spiro atoms. The summed E-state index contributed by atoms with van der Waals surface area (Å²) >= 11 is 4.27. The fourth-order valence-corrected chi connectivity index (χ4v) is 11.3. The summed E-state index contributed by atoms with van der Waals surface area (Å²) in [6, 6.07) is 0. The van der Waals surface area contributed by atoms with E-state index in [0.29, 0.717) is 28.8 Å². The molecule has 5 heteroatoms. The van der Waals surface area contributed by atoms with E-state index in [1.165, 1.54) is 44.9 Å². The van der Waals surface area contributed by atoms with Crippen LogP contribution in [0.4, 0.5) is 0 Å². The van der Waals surface area contributed by atoms with Gasteiger partial charge in [0, 0.05) is 6.10 Å². The molecule has 3 nitrogen and oxygen atoms in total. The van der Waals surface area contributed by atoms with Crippen molar-refractivity contribution < 1.29 is 13.7 Å². The fourth-order valence-electron chi connectivity index (χ4n) is 9.69. The second kappa shape index (κ2) is 10.4. The molecule has 4 aliphatic rings. The summed E-state index contributed by atoms with van der Waals surface area (Å²) in [7, 11) is -1.88. The van der Waals surface area contributed by atoms with Crippen LogP contribution in [0.15, 0.2) is 0 Å². The van der Waals surface area contributed by atoms with Crippen LogP contribution >= 0.6 is 12.9 Å². The van der Waals surface area contributed by atoms with Crippen molar-refractivity contribution in [3.63, 3.8) is 0 Å². The van der Waals surface area contributed by atoms with Gasteiger partial charge in [-0.1, -0.05) is 41.5 Å². The third-order valence-electron chi connectivity index (χ3n) is 12.8. The molecular weight excluding hydrogens is 480 g/mol. The molecule has 0 bridgehead atoms. The van der Waals surface area contributed by atoms with Crippen LogP contribution in [0.25, 0.3) is 0 Å². The molecule has 0 aromatic heterocycles. The predicted octanol–water partition coefficient (Wildman–Crippen LogP) is 8.67. The van der Waals surface area contributed by atoms with Crippen LogP contribution in [0.3, 0.4) is 0 Å². The van der Waals surface area contributed by atoms with E-state index < -0.39 is 8.32 Å². The molecule has 0 aromatic rings. The zero-order chi connectivity index (χ0) is 26.7. The Kier molecular flexibility index (Phi) is 8.54. The molecule has 11 atom stereocenters. The SMILES string of the molecule is CC(O)CCC(C)C1CCC2C3C[C@H](O[Si](C)(C)C(C)(C)C)[C@@H]4C[C@H](OS)CC[C@]4(C)C3CC[C@]12C. The van der Waals surface area contributed by atoms with Gasteiger partial charge in [-0.15, -0.1) is 0 Å². The van der Waals surface area contributed by atoms with Crippen LogP contribution in [-0.4, -0.2) is 31.7 Å². The van der Waals surface area contributed by atoms with E-state index in [4.69, 9.17) is 8.61 Å². The summed E-state index contributed by atoms with van der Waals surface area (Å²) in [5.74, 6) is 4.55. The molecule has 4 fully saturated rings. The van der Waals surface area contributed by atoms with Crippen LogP contribution in [0.5, 0.6) is 0 Å². The molecule has 0 aromatic carbocycles. The van der Waals surface area contributed by atoms with Crippen molar-refractivity contribution in [2.75, 3.05) is 0 Å². The molecule has 1 N–H and O–H groups in total. The van der Waals surface area contributed by atoms with Gasteiger partial charge in [0.05, 0.1) is 12.2 Å². The van der Waals surface area contributed by atoms with Crippen molar-refractivity contribution in [3.05, 3.63) is 0 Å². The second-order valence-electron chi connectivity index (χ2n) is 15.8. The van der Waals surface area contributed by atoms with Crippen molar-refractivity contribution in [2.24, 2.45) is 46.3 Å². The van der Waals surface area contributed by atoms with Crippen molar-refractivity contribution in [2.45, 2.75) is 149 Å². The smallest absolute Gasteiger partial charge is 0.192 e. The Labute approximate surface area is 230 Å². The highest BCUT2D eigenvalue weighted by Crippen LogP contribution is 2.69. The lowest BCUT2D eigenvalue weighted by molar-refractivity contribution is -0.165. The highest BCUT2D eigenvalue weighted by molar-refractivity contribution is 7.75. The molecule has 0 heterocycles. The lowest BCUT2D eigenvalue weighted by atomic mass is 9.43. The molecule has 4 saturated carbocycles. The first-order valence-electron chi connectivity index (χ1n) is 15.3. The van der Waals surface area contributed by atoms with Gasteiger partial charge in [0.2, 0.25) is 0 Å². The van der Waals surface area contributed by atoms with Crippen LogP contribution in [0.1, 0.15) is 113 Å². The lowest BCUT2D eigenvalue weighted by Crippen LogP contribution is -2.60. The summed E-state index contributed by atoms with van der Waals surface area (Å²) in [5.41, 5.74) is 0.811. The Morgan fingerprint density at radius 1 is 0.917 bits per heavy atom. The average Bonchev–Trinajstić information content (AvgIpc) is 3.13. The molecule has 0 radical (unpaired) electrons. The number of aliphatic hydroxyl groups excluding tert-OH is 1. The fraction of sp³-hybridized carbons (Fsp3) is 1.00. The first kappa shape index (κ1) is 29.4. The van der Waals surface area contributed by atoms with E-state index in [1.54, 1.807) is 0 Å².